The van der Waals surface area contributed by atoms with Crippen LogP contribution in [-0.2, 0) is 4.79 Å². The minimum absolute atomic E-state index is 0.112. The summed E-state index contributed by atoms with van der Waals surface area (Å²) in [7, 11) is 0. The first-order chi connectivity index (χ1) is 7.54. The Bertz CT molecular complexity index is 421. The SMILES string of the molecule is CCCC(=O)Nc1ccc(Br)cc1[N+](=O)[O-]. The first-order valence-corrected chi connectivity index (χ1v) is 5.57. The number of hydrogen-bond donors (Lipinski definition) is 1. The quantitative estimate of drug-likeness (QED) is 0.683. The van der Waals surface area contributed by atoms with Gasteiger partial charge >= 0.3 is 0 Å². The van der Waals surface area contributed by atoms with Crippen molar-refractivity contribution in [3.8, 4) is 0 Å². The van der Waals surface area contributed by atoms with Crippen LogP contribution in [0.4, 0.5) is 11.4 Å². The third-order valence-corrected chi connectivity index (χ3v) is 2.40. The highest BCUT2D eigenvalue weighted by molar-refractivity contribution is 9.10. The van der Waals surface area contributed by atoms with Gasteiger partial charge in [0, 0.05) is 17.0 Å². The highest BCUT2D eigenvalue weighted by Gasteiger charge is 2.15. The van der Waals surface area contributed by atoms with Crippen molar-refractivity contribution in [1.82, 2.24) is 0 Å². The Hall–Kier alpha value is -1.43. The lowest BCUT2D eigenvalue weighted by molar-refractivity contribution is -0.384. The molecule has 1 amide bonds. The summed E-state index contributed by atoms with van der Waals surface area (Å²) in [5.74, 6) is -0.215. The number of nitro groups is 1. The molecular weight excluding hydrogens is 276 g/mol. The molecule has 16 heavy (non-hydrogen) atoms. The molecule has 86 valence electrons. The number of carbonyl (C=O) groups excluding carboxylic acids is 1. The fourth-order valence-electron chi connectivity index (χ4n) is 1.20. The summed E-state index contributed by atoms with van der Waals surface area (Å²) < 4.78 is 0.604. The minimum Gasteiger partial charge on any atom is -0.320 e. The second-order valence-electron chi connectivity index (χ2n) is 3.22. The third-order valence-electron chi connectivity index (χ3n) is 1.91. The molecule has 5 nitrogen and oxygen atoms in total. The van der Waals surface area contributed by atoms with Gasteiger partial charge in [0.05, 0.1) is 4.92 Å². The maximum atomic E-state index is 11.3. The van der Waals surface area contributed by atoms with Crippen LogP contribution in [0.25, 0.3) is 0 Å². The zero-order valence-electron chi connectivity index (χ0n) is 8.70. The van der Waals surface area contributed by atoms with E-state index in [1.807, 2.05) is 6.92 Å². The van der Waals surface area contributed by atoms with Crippen LogP contribution in [0.5, 0.6) is 0 Å². The first-order valence-electron chi connectivity index (χ1n) is 4.78. The lowest BCUT2D eigenvalue weighted by atomic mass is 10.2. The van der Waals surface area contributed by atoms with Crippen molar-refractivity contribution in [2.75, 3.05) is 5.32 Å². The van der Waals surface area contributed by atoms with Crippen LogP contribution in [0.1, 0.15) is 19.8 Å². The number of benzene rings is 1. The second kappa shape index (κ2) is 5.60. The van der Waals surface area contributed by atoms with Crippen LogP contribution < -0.4 is 5.32 Å². The molecule has 0 aromatic heterocycles. The van der Waals surface area contributed by atoms with Gasteiger partial charge in [-0.1, -0.05) is 22.9 Å². The highest BCUT2D eigenvalue weighted by Crippen LogP contribution is 2.27. The minimum atomic E-state index is -0.522. The molecule has 0 aliphatic carbocycles. The Labute approximate surface area is 101 Å². The molecule has 6 heteroatoms. The van der Waals surface area contributed by atoms with Gasteiger partial charge in [-0.2, -0.15) is 0 Å². The van der Waals surface area contributed by atoms with E-state index in [1.54, 1.807) is 6.07 Å². The van der Waals surface area contributed by atoms with E-state index in [4.69, 9.17) is 0 Å². The average Bonchev–Trinajstić information content (AvgIpc) is 2.20. The van der Waals surface area contributed by atoms with Gasteiger partial charge in [0.25, 0.3) is 5.69 Å². The number of nitrogens with one attached hydrogen (secondary N) is 1. The molecule has 0 aliphatic rings. The number of halogens is 1. The zero-order chi connectivity index (χ0) is 12.1. The van der Waals surface area contributed by atoms with E-state index in [2.05, 4.69) is 21.2 Å². The highest BCUT2D eigenvalue weighted by atomic mass is 79.9. The topological polar surface area (TPSA) is 72.2 Å². The largest absolute Gasteiger partial charge is 0.320 e. The summed E-state index contributed by atoms with van der Waals surface area (Å²) in [4.78, 5) is 21.6. The summed E-state index contributed by atoms with van der Waals surface area (Å²) in [6, 6.07) is 4.52. The summed E-state index contributed by atoms with van der Waals surface area (Å²) in [6.45, 7) is 1.87. The van der Waals surface area contributed by atoms with Crippen molar-refractivity contribution in [3.05, 3.63) is 32.8 Å². The van der Waals surface area contributed by atoms with Crippen molar-refractivity contribution in [2.45, 2.75) is 19.8 Å². The van der Waals surface area contributed by atoms with Gasteiger partial charge in [0.15, 0.2) is 0 Å². The summed E-state index contributed by atoms with van der Waals surface area (Å²) in [6.07, 6.45) is 1.06. The molecule has 0 radical (unpaired) electrons. The van der Waals surface area contributed by atoms with E-state index >= 15 is 0 Å². The number of hydrogen-bond acceptors (Lipinski definition) is 3. The molecule has 0 aliphatic heterocycles. The van der Waals surface area contributed by atoms with Gasteiger partial charge in [-0.3, -0.25) is 14.9 Å². The third kappa shape index (κ3) is 3.30. The predicted octanol–water partition coefficient (Wildman–Crippen LogP) is 3.10. The van der Waals surface area contributed by atoms with Crippen molar-refractivity contribution in [2.24, 2.45) is 0 Å². The van der Waals surface area contributed by atoms with Crippen molar-refractivity contribution >= 4 is 33.2 Å². The fraction of sp³-hybridized carbons (Fsp3) is 0.300. The Balaban J connectivity index is 2.95. The molecule has 0 saturated carbocycles. The molecule has 1 aromatic carbocycles. The molecule has 0 unspecified atom stereocenters. The first kappa shape index (κ1) is 12.6. The van der Waals surface area contributed by atoms with Gasteiger partial charge in [-0.15, -0.1) is 0 Å². The van der Waals surface area contributed by atoms with Crippen molar-refractivity contribution in [3.63, 3.8) is 0 Å². The summed E-state index contributed by atoms with van der Waals surface area (Å²) in [5, 5.41) is 13.3. The van der Waals surface area contributed by atoms with Crippen molar-refractivity contribution < 1.29 is 9.72 Å². The number of carbonyl (C=O) groups is 1. The molecule has 0 heterocycles. The molecule has 0 fully saturated rings. The number of amides is 1. The summed E-state index contributed by atoms with van der Waals surface area (Å²) in [5.41, 5.74) is 0.116. The standard InChI is InChI=1S/C10H11BrN2O3/c1-2-3-10(14)12-8-5-4-7(11)6-9(8)13(15)16/h4-6H,2-3H2,1H3,(H,12,14). The fourth-order valence-corrected chi connectivity index (χ4v) is 1.55. The van der Waals surface area contributed by atoms with Crippen LogP contribution in [-0.4, -0.2) is 10.8 Å². The molecule has 1 aromatic rings. The maximum Gasteiger partial charge on any atom is 0.293 e. The second-order valence-corrected chi connectivity index (χ2v) is 4.13. The van der Waals surface area contributed by atoms with Crippen LogP contribution in [0.15, 0.2) is 22.7 Å². The van der Waals surface area contributed by atoms with Gasteiger partial charge in [-0.25, -0.2) is 0 Å². The average molecular weight is 287 g/mol. The smallest absolute Gasteiger partial charge is 0.293 e. The van der Waals surface area contributed by atoms with E-state index in [1.165, 1.54) is 12.1 Å². The van der Waals surface area contributed by atoms with Gasteiger partial charge in [0.2, 0.25) is 5.91 Å². The van der Waals surface area contributed by atoms with E-state index in [0.717, 1.165) is 0 Å². The Morgan fingerprint density at radius 2 is 2.25 bits per heavy atom. The number of nitrogens with zero attached hydrogens (tertiary/aromatic N) is 1. The molecular formula is C10H11BrN2O3. The van der Waals surface area contributed by atoms with Crippen molar-refractivity contribution in [1.29, 1.82) is 0 Å². The van der Waals surface area contributed by atoms with Gasteiger partial charge in [-0.05, 0) is 18.6 Å². The predicted molar refractivity (Wildman–Crippen MR) is 64.3 cm³/mol. The van der Waals surface area contributed by atoms with Gasteiger partial charge in [0.1, 0.15) is 5.69 Å². The lowest BCUT2D eigenvalue weighted by Crippen LogP contribution is -2.11. The number of anilines is 1. The van der Waals surface area contributed by atoms with Crippen LogP contribution in [0.3, 0.4) is 0 Å². The van der Waals surface area contributed by atoms with E-state index in [0.29, 0.717) is 17.3 Å². The normalized spacial score (nSPS) is 9.88. The van der Waals surface area contributed by atoms with Gasteiger partial charge < -0.3 is 5.32 Å². The van der Waals surface area contributed by atoms with Crippen LogP contribution in [0, 0.1) is 10.1 Å². The molecule has 1 N–H and O–H groups in total. The Morgan fingerprint density at radius 1 is 1.56 bits per heavy atom. The maximum absolute atomic E-state index is 11.3. The van der Waals surface area contributed by atoms with E-state index in [-0.39, 0.29) is 17.3 Å². The number of rotatable bonds is 4. The Morgan fingerprint density at radius 3 is 2.81 bits per heavy atom. The number of nitro benzene ring substituents is 1. The molecule has 0 spiro atoms. The van der Waals surface area contributed by atoms with Crippen LogP contribution >= 0.6 is 15.9 Å². The van der Waals surface area contributed by atoms with E-state index < -0.39 is 4.92 Å². The zero-order valence-corrected chi connectivity index (χ0v) is 10.3. The van der Waals surface area contributed by atoms with Crippen LogP contribution in [0.2, 0.25) is 0 Å². The molecule has 0 bridgehead atoms. The molecule has 0 atom stereocenters. The Kier molecular flexibility index (Phi) is 4.42. The monoisotopic (exact) mass is 286 g/mol. The lowest BCUT2D eigenvalue weighted by Gasteiger charge is -2.05. The molecule has 0 saturated heterocycles. The summed E-state index contributed by atoms with van der Waals surface area (Å²) >= 11 is 3.14. The van der Waals surface area contributed by atoms with E-state index in [9.17, 15) is 14.9 Å². The molecule has 1 rings (SSSR count).